The van der Waals surface area contributed by atoms with Crippen LogP contribution in [0, 0.1) is 6.92 Å². The molecule has 0 aromatic heterocycles. The molecule has 0 spiro atoms. The second kappa shape index (κ2) is 9.02. The van der Waals surface area contributed by atoms with Crippen LogP contribution >= 0.6 is 11.6 Å². The number of halogens is 1. The number of benzene rings is 2. The Bertz CT molecular complexity index is 802. The normalized spacial score (nSPS) is 15.3. The van der Waals surface area contributed by atoms with E-state index >= 15 is 0 Å². The molecular formula is C21H24ClN3O2. The molecule has 0 saturated carbocycles. The topological polar surface area (TPSA) is 61.4 Å². The fourth-order valence-electron chi connectivity index (χ4n) is 3.23. The van der Waals surface area contributed by atoms with Crippen LogP contribution in [0.1, 0.15) is 28.8 Å². The van der Waals surface area contributed by atoms with Crippen molar-refractivity contribution in [2.24, 2.45) is 0 Å². The first kappa shape index (κ1) is 19.4. The van der Waals surface area contributed by atoms with Crippen LogP contribution in [0.4, 0.5) is 5.69 Å². The minimum Gasteiger partial charge on any atom is -0.349 e. The fourth-order valence-corrected chi connectivity index (χ4v) is 3.40. The number of carbonyl (C=O) groups excluding carboxylic acids is 2. The fraction of sp³-hybridized carbons (Fsp3) is 0.333. The van der Waals surface area contributed by atoms with E-state index < -0.39 is 0 Å². The van der Waals surface area contributed by atoms with Gasteiger partial charge in [0.15, 0.2) is 0 Å². The Morgan fingerprint density at radius 2 is 1.78 bits per heavy atom. The average molecular weight is 386 g/mol. The summed E-state index contributed by atoms with van der Waals surface area (Å²) in [6, 6.07) is 14.9. The number of hydrogen-bond acceptors (Lipinski definition) is 3. The van der Waals surface area contributed by atoms with Crippen molar-refractivity contribution >= 4 is 29.1 Å². The van der Waals surface area contributed by atoms with Gasteiger partial charge in [0.05, 0.1) is 6.54 Å². The molecule has 2 N–H and O–H groups in total. The van der Waals surface area contributed by atoms with Crippen LogP contribution in [0.25, 0.3) is 0 Å². The van der Waals surface area contributed by atoms with Crippen LogP contribution in [0.3, 0.4) is 0 Å². The first-order valence-electron chi connectivity index (χ1n) is 9.16. The molecule has 27 heavy (non-hydrogen) atoms. The maximum absolute atomic E-state index is 12.3. The molecule has 0 aliphatic carbocycles. The lowest BCUT2D eigenvalue weighted by Gasteiger charge is -2.31. The zero-order valence-corrected chi connectivity index (χ0v) is 16.1. The highest BCUT2D eigenvalue weighted by atomic mass is 35.5. The Hall–Kier alpha value is -2.37. The second-order valence-corrected chi connectivity index (χ2v) is 7.26. The molecule has 2 aromatic carbocycles. The van der Waals surface area contributed by atoms with E-state index in [-0.39, 0.29) is 17.9 Å². The molecule has 1 heterocycles. The molecule has 0 radical (unpaired) electrons. The lowest BCUT2D eigenvalue weighted by Crippen LogP contribution is -2.46. The number of piperidine rings is 1. The lowest BCUT2D eigenvalue weighted by molar-refractivity contribution is -0.117. The summed E-state index contributed by atoms with van der Waals surface area (Å²) >= 11 is 6.09. The van der Waals surface area contributed by atoms with Crippen LogP contribution in [0.5, 0.6) is 0 Å². The van der Waals surface area contributed by atoms with Gasteiger partial charge >= 0.3 is 0 Å². The minimum atomic E-state index is -0.0489. The molecular weight excluding hydrogens is 362 g/mol. The quantitative estimate of drug-likeness (QED) is 0.828. The van der Waals surface area contributed by atoms with E-state index in [0.29, 0.717) is 17.1 Å². The summed E-state index contributed by atoms with van der Waals surface area (Å²) in [5, 5.41) is 6.65. The SMILES string of the molecule is Cc1c(Cl)cccc1NC(=O)CN1CCC(NC(=O)c2ccccc2)CC1. The largest absolute Gasteiger partial charge is 0.349 e. The van der Waals surface area contributed by atoms with Gasteiger partial charge in [0.25, 0.3) is 5.91 Å². The molecule has 0 atom stereocenters. The molecule has 5 nitrogen and oxygen atoms in total. The number of anilines is 1. The summed E-state index contributed by atoms with van der Waals surface area (Å²) in [5.74, 6) is -0.0876. The van der Waals surface area contributed by atoms with Gasteiger partial charge in [-0.25, -0.2) is 0 Å². The molecule has 1 aliphatic heterocycles. The van der Waals surface area contributed by atoms with E-state index in [4.69, 9.17) is 11.6 Å². The Kier molecular flexibility index (Phi) is 6.48. The summed E-state index contributed by atoms with van der Waals surface area (Å²) in [5.41, 5.74) is 2.29. The van der Waals surface area contributed by atoms with Crippen LogP contribution in [-0.4, -0.2) is 42.4 Å². The third kappa shape index (κ3) is 5.31. The maximum Gasteiger partial charge on any atom is 0.251 e. The van der Waals surface area contributed by atoms with Crippen molar-refractivity contribution in [1.82, 2.24) is 10.2 Å². The van der Waals surface area contributed by atoms with E-state index in [0.717, 1.165) is 37.2 Å². The second-order valence-electron chi connectivity index (χ2n) is 6.85. The number of carbonyl (C=O) groups is 2. The average Bonchev–Trinajstić information content (AvgIpc) is 2.67. The van der Waals surface area contributed by atoms with Crippen molar-refractivity contribution in [2.75, 3.05) is 25.0 Å². The van der Waals surface area contributed by atoms with Crippen LogP contribution in [-0.2, 0) is 4.79 Å². The van der Waals surface area contributed by atoms with E-state index in [1.807, 2.05) is 49.4 Å². The number of rotatable bonds is 5. The summed E-state index contributed by atoms with van der Waals surface area (Å²) in [4.78, 5) is 26.7. The van der Waals surface area contributed by atoms with Gasteiger partial charge in [-0.3, -0.25) is 14.5 Å². The third-order valence-corrected chi connectivity index (χ3v) is 5.28. The smallest absolute Gasteiger partial charge is 0.251 e. The van der Waals surface area contributed by atoms with E-state index in [1.54, 1.807) is 6.07 Å². The van der Waals surface area contributed by atoms with Crippen molar-refractivity contribution < 1.29 is 9.59 Å². The van der Waals surface area contributed by atoms with E-state index in [1.165, 1.54) is 0 Å². The summed E-state index contributed by atoms with van der Waals surface area (Å²) in [6.45, 7) is 3.79. The van der Waals surface area contributed by atoms with Gasteiger partial charge in [-0.05, 0) is 49.6 Å². The minimum absolute atomic E-state index is 0.0387. The zero-order chi connectivity index (χ0) is 19.2. The van der Waals surface area contributed by atoms with Gasteiger partial charge in [-0.15, -0.1) is 0 Å². The summed E-state index contributed by atoms with van der Waals surface area (Å²) in [6.07, 6.45) is 1.67. The molecule has 3 rings (SSSR count). The van der Waals surface area contributed by atoms with Crippen molar-refractivity contribution in [3.05, 3.63) is 64.7 Å². The highest BCUT2D eigenvalue weighted by Gasteiger charge is 2.22. The molecule has 142 valence electrons. The lowest BCUT2D eigenvalue weighted by atomic mass is 10.0. The maximum atomic E-state index is 12.3. The third-order valence-electron chi connectivity index (χ3n) is 4.87. The Labute approximate surface area is 164 Å². The first-order chi connectivity index (χ1) is 13.0. The van der Waals surface area contributed by atoms with E-state index in [2.05, 4.69) is 15.5 Å². The number of amides is 2. The van der Waals surface area contributed by atoms with Gasteiger partial charge in [-0.2, -0.15) is 0 Å². The Balaban J connectivity index is 1.44. The van der Waals surface area contributed by atoms with Gasteiger partial charge in [0.1, 0.15) is 0 Å². The Morgan fingerprint density at radius 3 is 2.48 bits per heavy atom. The summed E-state index contributed by atoms with van der Waals surface area (Å²) in [7, 11) is 0. The molecule has 0 unspecified atom stereocenters. The van der Waals surface area contributed by atoms with Gasteiger partial charge < -0.3 is 10.6 Å². The van der Waals surface area contributed by atoms with Crippen molar-refractivity contribution in [2.45, 2.75) is 25.8 Å². The van der Waals surface area contributed by atoms with Crippen LogP contribution < -0.4 is 10.6 Å². The molecule has 6 heteroatoms. The van der Waals surface area contributed by atoms with Gasteiger partial charge in [0, 0.05) is 35.4 Å². The first-order valence-corrected chi connectivity index (χ1v) is 9.54. The molecule has 1 fully saturated rings. The van der Waals surface area contributed by atoms with Gasteiger partial charge in [0.2, 0.25) is 5.91 Å². The monoisotopic (exact) mass is 385 g/mol. The number of nitrogens with one attached hydrogen (secondary N) is 2. The van der Waals surface area contributed by atoms with Gasteiger partial charge in [-0.1, -0.05) is 35.9 Å². The van der Waals surface area contributed by atoms with E-state index in [9.17, 15) is 9.59 Å². The number of hydrogen-bond donors (Lipinski definition) is 2. The van der Waals surface area contributed by atoms with Crippen molar-refractivity contribution in [3.63, 3.8) is 0 Å². The van der Waals surface area contributed by atoms with Crippen LogP contribution in [0.2, 0.25) is 5.02 Å². The summed E-state index contributed by atoms with van der Waals surface area (Å²) < 4.78 is 0. The molecule has 2 aromatic rings. The number of nitrogens with zero attached hydrogens (tertiary/aromatic N) is 1. The zero-order valence-electron chi connectivity index (χ0n) is 15.4. The Morgan fingerprint density at radius 1 is 1.07 bits per heavy atom. The predicted octanol–water partition coefficient (Wildman–Crippen LogP) is 3.48. The highest BCUT2D eigenvalue weighted by Crippen LogP contribution is 2.23. The molecule has 1 aliphatic rings. The van der Waals surface area contributed by atoms with Crippen molar-refractivity contribution in [1.29, 1.82) is 0 Å². The van der Waals surface area contributed by atoms with Crippen molar-refractivity contribution in [3.8, 4) is 0 Å². The van der Waals surface area contributed by atoms with Crippen LogP contribution in [0.15, 0.2) is 48.5 Å². The predicted molar refractivity (Wildman–Crippen MR) is 108 cm³/mol. The molecule has 1 saturated heterocycles. The number of likely N-dealkylation sites (tertiary alicyclic amines) is 1. The molecule has 2 amide bonds. The molecule has 0 bridgehead atoms. The highest BCUT2D eigenvalue weighted by molar-refractivity contribution is 6.31. The standard InChI is InChI=1S/C21H24ClN3O2/c1-15-18(22)8-5-9-19(15)24-20(26)14-25-12-10-17(11-13-25)23-21(27)16-6-3-2-4-7-16/h2-9,17H,10-14H2,1H3,(H,23,27)(H,24,26).